The van der Waals surface area contributed by atoms with E-state index in [1.165, 1.54) is 12.1 Å². The minimum atomic E-state index is -0.318. The number of rotatable bonds is 8. The molecule has 6 heteroatoms. The molecule has 5 nitrogen and oxygen atoms in total. The van der Waals surface area contributed by atoms with Crippen LogP contribution in [0, 0.1) is 11.7 Å². The fourth-order valence-electron chi connectivity index (χ4n) is 4.32. The summed E-state index contributed by atoms with van der Waals surface area (Å²) >= 11 is 0. The van der Waals surface area contributed by atoms with Crippen LogP contribution >= 0.6 is 0 Å². The second-order valence-corrected chi connectivity index (χ2v) is 8.18. The second-order valence-electron chi connectivity index (χ2n) is 8.18. The first kappa shape index (κ1) is 22.9. The van der Waals surface area contributed by atoms with E-state index in [2.05, 4.69) is 11.9 Å². The van der Waals surface area contributed by atoms with E-state index in [1.807, 2.05) is 28.9 Å². The van der Waals surface area contributed by atoms with Crippen LogP contribution in [-0.2, 0) is 9.59 Å². The molecule has 2 aromatic rings. The Morgan fingerprint density at radius 3 is 2.39 bits per heavy atom. The third kappa shape index (κ3) is 5.69. The quantitative estimate of drug-likeness (QED) is 0.622. The van der Waals surface area contributed by atoms with Crippen LogP contribution in [0.25, 0.3) is 0 Å². The van der Waals surface area contributed by atoms with Gasteiger partial charge in [0.05, 0.1) is 6.04 Å². The summed E-state index contributed by atoms with van der Waals surface area (Å²) in [5.74, 6) is -0.135. The lowest BCUT2D eigenvalue weighted by atomic mass is 9.91. The maximum atomic E-state index is 13.7. The second kappa shape index (κ2) is 11.0. The Morgan fingerprint density at radius 1 is 1.10 bits per heavy atom. The van der Waals surface area contributed by atoms with Crippen molar-refractivity contribution in [2.75, 3.05) is 19.6 Å². The van der Waals surface area contributed by atoms with E-state index in [9.17, 15) is 14.0 Å². The third-order valence-corrected chi connectivity index (χ3v) is 5.91. The number of piperidine rings is 1. The molecule has 1 atom stereocenters. The summed E-state index contributed by atoms with van der Waals surface area (Å²) in [6.07, 6.45) is 7.06. The predicted octanol–water partition coefficient (Wildman–Crippen LogP) is 4.59. The summed E-state index contributed by atoms with van der Waals surface area (Å²) in [6, 6.07) is 9.86. The number of hydrogen-bond donors (Lipinski definition) is 0. The molecule has 0 saturated carbocycles. The minimum Gasteiger partial charge on any atom is -0.343 e. The fraction of sp³-hybridized carbons (Fsp3) is 0.480. The summed E-state index contributed by atoms with van der Waals surface area (Å²) in [7, 11) is 0. The Balaban J connectivity index is 1.84. The monoisotopic (exact) mass is 425 g/mol. The average molecular weight is 426 g/mol. The van der Waals surface area contributed by atoms with E-state index >= 15 is 0 Å². The van der Waals surface area contributed by atoms with Gasteiger partial charge in [0, 0.05) is 44.4 Å². The van der Waals surface area contributed by atoms with Gasteiger partial charge in [-0.3, -0.25) is 14.6 Å². The van der Waals surface area contributed by atoms with Crippen LogP contribution < -0.4 is 0 Å². The fourth-order valence-corrected chi connectivity index (χ4v) is 4.32. The van der Waals surface area contributed by atoms with Crippen LogP contribution in [-0.4, -0.2) is 46.2 Å². The Hall–Kier alpha value is -2.76. The van der Waals surface area contributed by atoms with Crippen molar-refractivity contribution in [2.24, 2.45) is 5.92 Å². The van der Waals surface area contributed by atoms with Gasteiger partial charge in [0.2, 0.25) is 11.8 Å². The Bertz CT molecular complexity index is 849. The zero-order valence-corrected chi connectivity index (χ0v) is 18.5. The molecule has 1 aliphatic rings. The Kier molecular flexibility index (Phi) is 8.15. The maximum absolute atomic E-state index is 13.7. The van der Waals surface area contributed by atoms with E-state index in [1.54, 1.807) is 24.5 Å². The highest BCUT2D eigenvalue weighted by Crippen LogP contribution is 2.32. The van der Waals surface area contributed by atoms with Gasteiger partial charge in [-0.05, 0) is 55.0 Å². The van der Waals surface area contributed by atoms with Crippen molar-refractivity contribution < 1.29 is 14.0 Å². The van der Waals surface area contributed by atoms with Crippen molar-refractivity contribution in [1.29, 1.82) is 0 Å². The molecule has 2 amide bonds. The van der Waals surface area contributed by atoms with Gasteiger partial charge < -0.3 is 9.80 Å². The maximum Gasteiger partial charge on any atom is 0.226 e. The number of hydrogen-bond acceptors (Lipinski definition) is 3. The number of likely N-dealkylation sites (tertiary alicyclic amines) is 1. The van der Waals surface area contributed by atoms with E-state index in [-0.39, 0.29) is 29.6 Å². The first-order chi connectivity index (χ1) is 15.0. The summed E-state index contributed by atoms with van der Waals surface area (Å²) in [4.78, 5) is 33.9. The van der Waals surface area contributed by atoms with Crippen LogP contribution in [0.5, 0.6) is 0 Å². The largest absolute Gasteiger partial charge is 0.343 e. The van der Waals surface area contributed by atoms with E-state index in [0.717, 1.165) is 24.0 Å². The molecule has 166 valence electrons. The van der Waals surface area contributed by atoms with Crippen molar-refractivity contribution in [1.82, 2.24) is 14.8 Å². The Labute approximate surface area is 184 Å². The van der Waals surface area contributed by atoms with Gasteiger partial charge in [0.25, 0.3) is 0 Å². The third-order valence-electron chi connectivity index (χ3n) is 5.91. The van der Waals surface area contributed by atoms with Gasteiger partial charge in [0.15, 0.2) is 0 Å². The zero-order valence-electron chi connectivity index (χ0n) is 18.5. The normalized spacial score (nSPS) is 15.5. The first-order valence-electron chi connectivity index (χ1n) is 11.3. The van der Waals surface area contributed by atoms with Crippen molar-refractivity contribution in [3.8, 4) is 0 Å². The van der Waals surface area contributed by atoms with Crippen LogP contribution in [0.4, 0.5) is 4.39 Å². The average Bonchev–Trinajstić information content (AvgIpc) is 2.80. The number of aromatic nitrogens is 1. The molecule has 1 unspecified atom stereocenters. The van der Waals surface area contributed by atoms with Gasteiger partial charge in [-0.2, -0.15) is 0 Å². The lowest BCUT2D eigenvalue weighted by Gasteiger charge is -2.38. The molecule has 1 aromatic heterocycles. The summed E-state index contributed by atoms with van der Waals surface area (Å²) in [6.45, 7) is 5.92. The summed E-state index contributed by atoms with van der Waals surface area (Å²) in [5, 5.41) is 0. The summed E-state index contributed by atoms with van der Waals surface area (Å²) < 4.78 is 13.6. The van der Waals surface area contributed by atoms with Crippen molar-refractivity contribution in [3.63, 3.8) is 0 Å². The van der Waals surface area contributed by atoms with Gasteiger partial charge in [-0.25, -0.2) is 4.39 Å². The minimum absolute atomic E-state index is 0.0996. The van der Waals surface area contributed by atoms with Crippen molar-refractivity contribution in [3.05, 3.63) is 65.7 Å². The number of amides is 2. The van der Waals surface area contributed by atoms with Crippen LogP contribution in [0.2, 0.25) is 0 Å². The molecule has 0 N–H and O–H groups in total. The molecule has 2 heterocycles. The SMILES string of the molecule is CCCC(=O)N1CCC(C(=O)N(CCC)C(c2ccc(F)cc2)c2cccnc2)CC1. The van der Waals surface area contributed by atoms with E-state index in [0.29, 0.717) is 38.9 Å². The Morgan fingerprint density at radius 2 is 1.81 bits per heavy atom. The molecule has 0 radical (unpaired) electrons. The van der Waals surface area contributed by atoms with Gasteiger partial charge in [-0.1, -0.05) is 32.0 Å². The van der Waals surface area contributed by atoms with Gasteiger partial charge in [-0.15, -0.1) is 0 Å². The molecule has 1 aliphatic heterocycles. The standard InChI is InChI=1S/C25H32FN3O2/c1-3-6-23(30)28-16-12-20(13-17-28)25(31)29(15-4-2)24(21-7-5-14-27-18-21)19-8-10-22(26)11-9-19/h5,7-11,14,18,20,24H,3-4,6,12-13,15-17H2,1-2H3. The molecular weight excluding hydrogens is 393 g/mol. The molecule has 0 aliphatic carbocycles. The first-order valence-corrected chi connectivity index (χ1v) is 11.3. The number of carbonyl (C=O) groups is 2. The highest BCUT2D eigenvalue weighted by Gasteiger charge is 2.34. The van der Waals surface area contributed by atoms with Gasteiger partial charge >= 0.3 is 0 Å². The molecule has 31 heavy (non-hydrogen) atoms. The molecule has 1 aromatic carbocycles. The zero-order chi connectivity index (χ0) is 22.2. The number of nitrogens with zero attached hydrogens (tertiary/aromatic N) is 3. The molecular formula is C25H32FN3O2. The topological polar surface area (TPSA) is 53.5 Å². The lowest BCUT2D eigenvalue weighted by Crippen LogP contribution is -2.45. The molecule has 0 bridgehead atoms. The smallest absolute Gasteiger partial charge is 0.226 e. The number of carbonyl (C=O) groups excluding carboxylic acids is 2. The summed E-state index contributed by atoms with van der Waals surface area (Å²) in [5.41, 5.74) is 1.78. The molecule has 0 spiro atoms. The lowest BCUT2D eigenvalue weighted by molar-refractivity contribution is -0.142. The number of halogens is 1. The highest BCUT2D eigenvalue weighted by molar-refractivity contribution is 5.81. The van der Waals surface area contributed by atoms with Crippen molar-refractivity contribution >= 4 is 11.8 Å². The molecule has 1 fully saturated rings. The van der Waals surface area contributed by atoms with Crippen LogP contribution in [0.15, 0.2) is 48.8 Å². The predicted molar refractivity (Wildman–Crippen MR) is 119 cm³/mol. The van der Waals surface area contributed by atoms with Gasteiger partial charge in [0.1, 0.15) is 5.82 Å². The van der Waals surface area contributed by atoms with E-state index in [4.69, 9.17) is 0 Å². The molecule has 1 saturated heterocycles. The highest BCUT2D eigenvalue weighted by atomic mass is 19.1. The number of benzene rings is 1. The molecule has 3 rings (SSSR count). The number of pyridine rings is 1. The van der Waals surface area contributed by atoms with Crippen molar-refractivity contribution in [2.45, 2.75) is 52.0 Å². The van der Waals surface area contributed by atoms with Crippen LogP contribution in [0.1, 0.15) is 63.1 Å². The van der Waals surface area contributed by atoms with Crippen LogP contribution in [0.3, 0.4) is 0 Å². The van der Waals surface area contributed by atoms with E-state index < -0.39 is 0 Å².